The Morgan fingerprint density at radius 2 is 2.11 bits per heavy atom. The summed E-state index contributed by atoms with van der Waals surface area (Å²) in [5, 5.41) is 3.91. The summed E-state index contributed by atoms with van der Waals surface area (Å²) in [6.45, 7) is 10.4. The molecule has 0 amide bonds. The van der Waals surface area contributed by atoms with Gasteiger partial charge in [0, 0.05) is 12.3 Å². The van der Waals surface area contributed by atoms with Crippen molar-refractivity contribution in [3.63, 3.8) is 0 Å². The lowest BCUT2D eigenvalue weighted by atomic mass is 10.3. The van der Waals surface area contributed by atoms with Crippen LogP contribution in [-0.4, -0.2) is 22.4 Å². The number of carbonyl (C=O) groups excluding carboxylic acids is 1. The van der Waals surface area contributed by atoms with Gasteiger partial charge in [0.2, 0.25) is 0 Å². The van der Waals surface area contributed by atoms with Gasteiger partial charge in [-0.15, -0.1) is 0 Å². The number of hydrogen-bond acceptors (Lipinski definition) is 4. The number of nitrogens with zero attached hydrogens (tertiary/aromatic N) is 2. The van der Waals surface area contributed by atoms with Gasteiger partial charge in [0.1, 0.15) is 5.82 Å². The molecular weight excluding hydrogens is 230 g/mol. The molecule has 0 saturated heterocycles. The standard InChI is InChI=1S/C9H13N3O2.C4H10/c1-3-5-12-7(6-8(10)11-12)9(13)14-4-2;1-4(2)3/h3,5-6H,4H2,1-2H3,(H2,10,11);4H,1-3H3/b5-3+;. The minimum atomic E-state index is -0.421. The lowest BCUT2D eigenvalue weighted by Crippen LogP contribution is -2.09. The molecule has 2 N–H and O–H groups in total. The number of aromatic nitrogens is 2. The summed E-state index contributed by atoms with van der Waals surface area (Å²) in [7, 11) is 0. The second-order valence-corrected chi connectivity index (χ2v) is 4.33. The van der Waals surface area contributed by atoms with E-state index < -0.39 is 5.97 Å². The third-order valence-corrected chi connectivity index (χ3v) is 1.53. The summed E-state index contributed by atoms with van der Waals surface area (Å²) in [5.74, 6) is 0.709. The first-order valence-electron chi connectivity index (χ1n) is 6.07. The van der Waals surface area contributed by atoms with Gasteiger partial charge in [-0.25, -0.2) is 9.48 Å². The second kappa shape index (κ2) is 8.33. The molecular formula is C13H23N3O2. The molecule has 0 fully saturated rings. The number of anilines is 1. The van der Waals surface area contributed by atoms with E-state index in [1.807, 2.05) is 6.92 Å². The van der Waals surface area contributed by atoms with Crippen molar-refractivity contribution >= 4 is 18.0 Å². The summed E-state index contributed by atoms with van der Waals surface area (Å²) >= 11 is 0. The number of nitrogen functional groups attached to an aromatic ring is 1. The van der Waals surface area contributed by atoms with Gasteiger partial charge in [-0.05, 0) is 19.8 Å². The van der Waals surface area contributed by atoms with Gasteiger partial charge in [-0.3, -0.25) is 0 Å². The Kier molecular flexibility index (Phi) is 7.51. The Balaban J connectivity index is 0.000000631. The van der Waals surface area contributed by atoms with Crippen LogP contribution in [0.3, 0.4) is 0 Å². The Bertz CT molecular complexity index is 392. The SMILES string of the molecule is C/C=C/n1nc(N)cc1C(=O)OCC.CC(C)C. The average Bonchev–Trinajstić information content (AvgIpc) is 2.60. The largest absolute Gasteiger partial charge is 0.461 e. The third-order valence-electron chi connectivity index (χ3n) is 1.53. The minimum Gasteiger partial charge on any atom is -0.461 e. The molecule has 0 aliphatic rings. The molecule has 1 rings (SSSR count). The van der Waals surface area contributed by atoms with Crippen molar-refractivity contribution in [1.82, 2.24) is 9.78 Å². The lowest BCUT2D eigenvalue weighted by Gasteiger charge is -2.00. The van der Waals surface area contributed by atoms with Crippen LogP contribution in [0, 0.1) is 5.92 Å². The van der Waals surface area contributed by atoms with Crippen LogP contribution in [0.1, 0.15) is 45.1 Å². The number of carbonyl (C=O) groups is 1. The van der Waals surface area contributed by atoms with E-state index in [0.717, 1.165) is 5.92 Å². The molecule has 1 aromatic heterocycles. The first kappa shape index (κ1) is 16.2. The fourth-order valence-corrected chi connectivity index (χ4v) is 1.03. The topological polar surface area (TPSA) is 70.1 Å². The fraction of sp³-hybridized carbons (Fsp3) is 0.538. The van der Waals surface area contributed by atoms with Gasteiger partial charge in [-0.2, -0.15) is 5.10 Å². The minimum absolute atomic E-state index is 0.297. The zero-order valence-corrected chi connectivity index (χ0v) is 11.8. The highest BCUT2D eigenvalue weighted by Gasteiger charge is 2.13. The van der Waals surface area contributed by atoms with Crippen molar-refractivity contribution in [3.8, 4) is 0 Å². The predicted octanol–water partition coefficient (Wildman–Crippen LogP) is 2.79. The van der Waals surface area contributed by atoms with Gasteiger partial charge >= 0.3 is 5.97 Å². The van der Waals surface area contributed by atoms with Crippen molar-refractivity contribution in [2.45, 2.75) is 34.6 Å². The monoisotopic (exact) mass is 253 g/mol. The van der Waals surface area contributed by atoms with Crippen LogP contribution in [0.4, 0.5) is 5.82 Å². The number of hydrogen-bond donors (Lipinski definition) is 1. The van der Waals surface area contributed by atoms with Crippen molar-refractivity contribution in [1.29, 1.82) is 0 Å². The first-order chi connectivity index (χ1) is 8.42. The molecule has 5 heteroatoms. The van der Waals surface area contributed by atoms with E-state index in [-0.39, 0.29) is 0 Å². The highest BCUT2D eigenvalue weighted by molar-refractivity contribution is 5.89. The molecule has 1 aromatic rings. The zero-order chi connectivity index (χ0) is 14.1. The Hall–Kier alpha value is -1.78. The highest BCUT2D eigenvalue weighted by atomic mass is 16.5. The van der Waals surface area contributed by atoms with Crippen molar-refractivity contribution < 1.29 is 9.53 Å². The van der Waals surface area contributed by atoms with E-state index in [1.54, 1.807) is 19.2 Å². The summed E-state index contributed by atoms with van der Waals surface area (Å²) in [4.78, 5) is 11.4. The van der Waals surface area contributed by atoms with Crippen molar-refractivity contribution in [2.75, 3.05) is 12.3 Å². The van der Waals surface area contributed by atoms with E-state index in [0.29, 0.717) is 18.1 Å². The number of allylic oxidation sites excluding steroid dienone is 1. The number of nitrogens with two attached hydrogens (primary N) is 1. The lowest BCUT2D eigenvalue weighted by molar-refractivity contribution is 0.0516. The van der Waals surface area contributed by atoms with Crippen LogP contribution >= 0.6 is 0 Å². The van der Waals surface area contributed by atoms with E-state index >= 15 is 0 Å². The van der Waals surface area contributed by atoms with Crippen LogP contribution in [-0.2, 0) is 4.74 Å². The number of rotatable bonds is 3. The zero-order valence-electron chi connectivity index (χ0n) is 11.8. The molecule has 0 aliphatic heterocycles. The maximum absolute atomic E-state index is 11.4. The van der Waals surface area contributed by atoms with Gasteiger partial charge in [-0.1, -0.05) is 26.8 Å². The first-order valence-corrected chi connectivity index (χ1v) is 6.07. The second-order valence-electron chi connectivity index (χ2n) is 4.33. The molecule has 1 heterocycles. The maximum Gasteiger partial charge on any atom is 0.357 e. The molecule has 102 valence electrons. The van der Waals surface area contributed by atoms with Crippen LogP contribution in [0.25, 0.3) is 6.20 Å². The normalized spacial score (nSPS) is 10.3. The molecule has 0 aliphatic carbocycles. The van der Waals surface area contributed by atoms with Crippen LogP contribution in [0.2, 0.25) is 0 Å². The molecule has 0 atom stereocenters. The van der Waals surface area contributed by atoms with E-state index in [4.69, 9.17) is 10.5 Å². The van der Waals surface area contributed by atoms with Crippen LogP contribution < -0.4 is 5.73 Å². The summed E-state index contributed by atoms with van der Waals surface area (Å²) in [5.41, 5.74) is 5.81. The average molecular weight is 253 g/mol. The summed E-state index contributed by atoms with van der Waals surface area (Å²) in [6.07, 6.45) is 3.40. The molecule has 5 nitrogen and oxygen atoms in total. The summed E-state index contributed by atoms with van der Waals surface area (Å²) < 4.78 is 6.24. The molecule has 0 aromatic carbocycles. The predicted molar refractivity (Wildman–Crippen MR) is 74.1 cm³/mol. The van der Waals surface area contributed by atoms with Crippen molar-refractivity contribution in [3.05, 3.63) is 17.8 Å². The van der Waals surface area contributed by atoms with Gasteiger partial charge in [0.15, 0.2) is 5.69 Å². The number of ether oxygens (including phenoxy) is 1. The Morgan fingerprint density at radius 3 is 2.56 bits per heavy atom. The van der Waals surface area contributed by atoms with Crippen LogP contribution in [0.15, 0.2) is 12.1 Å². The third kappa shape index (κ3) is 6.08. The van der Waals surface area contributed by atoms with E-state index in [9.17, 15) is 4.79 Å². The number of esters is 1. The molecule has 0 radical (unpaired) electrons. The van der Waals surface area contributed by atoms with Crippen LogP contribution in [0.5, 0.6) is 0 Å². The van der Waals surface area contributed by atoms with Gasteiger partial charge in [0.05, 0.1) is 6.61 Å². The fourth-order valence-electron chi connectivity index (χ4n) is 1.03. The van der Waals surface area contributed by atoms with E-state index in [2.05, 4.69) is 25.9 Å². The molecule has 0 saturated carbocycles. The van der Waals surface area contributed by atoms with Gasteiger partial charge < -0.3 is 10.5 Å². The quantitative estimate of drug-likeness (QED) is 0.841. The van der Waals surface area contributed by atoms with E-state index in [1.165, 1.54) is 10.7 Å². The smallest absolute Gasteiger partial charge is 0.357 e. The van der Waals surface area contributed by atoms with Gasteiger partial charge in [0.25, 0.3) is 0 Å². The molecule has 0 unspecified atom stereocenters. The Labute approximate surface area is 109 Å². The van der Waals surface area contributed by atoms with Crippen molar-refractivity contribution in [2.24, 2.45) is 5.92 Å². The molecule has 0 bridgehead atoms. The molecule has 18 heavy (non-hydrogen) atoms. The summed E-state index contributed by atoms with van der Waals surface area (Å²) in [6, 6.07) is 1.48. The Morgan fingerprint density at radius 1 is 1.56 bits per heavy atom. The highest BCUT2D eigenvalue weighted by Crippen LogP contribution is 2.08. The maximum atomic E-state index is 11.4. The molecule has 0 spiro atoms.